The molecule has 0 saturated heterocycles. The molecular weight excluding hydrogens is 116 g/mol. The minimum atomic E-state index is -1.44. The molecular formula is C6H12OSi. The van der Waals surface area contributed by atoms with Crippen molar-refractivity contribution in [2.45, 2.75) is 12.1 Å². The van der Waals surface area contributed by atoms with Crippen LogP contribution in [0.3, 0.4) is 0 Å². The lowest BCUT2D eigenvalue weighted by atomic mass is 10.7. The van der Waals surface area contributed by atoms with Crippen molar-refractivity contribution in [2.75, 3.05) is 0 Å². The van der Waals surface area contributed by atoms with Crippen LogP contribution in [-0.2, 0) is 0 Å². The smallest absolute Gasteiger partial charge is 0.179 e. The summed E-state index contributed by atoms with van der Waals surface area (Å²) in [6.07, 6.45) is 3.53. The fourth-order valence-electron chi connectivity index (χ4n) is 0.481. The lowest BCUT2D eigenvalue weighted by Gasteiger charge is -1.97. The predicted octanol–water partition coefficient (Wildman–Crippen LogP) is 1.07. The third-order valence-corrected chi connectivity index (χ3v) is 2.63. The monoisotopic (exact) mass is 128 g/mol. The van der Waals surface area contributed by atoms with E-state index < -0.39 is 9.04 Å². The summed E-state index contributed by atoms with van der Waals surface area (Å²) >= 11 is 0. The molecule has 0 atom stereocenters. The Labute approximate surface area is 52.1 Å². The fraction of sp³-hybridized carbons (Fsp3) is 0.333. The number of allylic oxidation sites excluding steroid dienone is 2. The lowest BCUT2D eigenvalue weighted by Crippen LogP contribution is -2.07. The van der Waals surface area contributed by atoms with Crippen LogP contribution in [0.4, 0.5) is 0 Å². The molecule has 0 spiro atoms. The van der Waals surface area contributed by atoms with E-state index in [0.717, 1.165) is 12.1 Å². The van der Waals surface area contributed by atoms with E-state index in [1.54, 1.807) is 12.2 Å². The Balaban J connectivity index is 3.16. The molecule has 0 aliphatic carbocycles. The first-order valence-corrected chi connectivity index (χ1v) is 4.86. The Hall–Kier alpha value is -0.343. The van der Waals surface area contributed by atoms with Crippen molar-refractivity contribution in [3.05, 3.63) is 25.3 Å². The van der Waals surface area contributed by atoms with E-state index in [1.807, 2.05) is 0 Å². The minimum absolute atomic E-state index is 0.798. The molecule has 46 valence electrons. The highest BCUT2D eigenvalue weighted by atomic mass is 28.3. The second-order valence-electron chi connectivity index (χ2n) is 1.70. The van der Waals surface area contributed by atoms with E-state index in [2.05, 4.69) is 13.2 Å². The van der Waals surface area contributed by atoms with Gasteiger partial charge in [-0.25, -0.2) is 0 Å². The molecule has 0 bridgehead atoms. The van der Waals surface area contributed by atoms with Gasteiger partial charge in [-0.05, 0) is 12.1 Å². The Morgan fingerprint density at radius 1 is 1.25 bits per heavy atom. The molecule has 0 rings (SSSR count). The molecule has 0 amide bonds. The van der Waals surface area contributed by atoms with Crippen molar-refractivity contribution in [1.29, 1.82) is 0 Å². The van der Waals surface area contributed by atoms with Crippen molar-refractivity contribution >= 4 is 9.04 Å². The molecule has 0 aromatic carbocycles. The van der Waals surface area contributed by atoms with Crippen LogP contribution < -0.4 is 0 Å². The normalized spacial score (nSPS) is 9.25. The van der Waals surface area contributed by atoms with Gasteiger partial charge in [-0.3, -0.25) is 0 Å². The lowest BCUT2D eigenvalue weighted by molar-refractivity contribution is 0.577. The van der Waals surface area contributed by atoms with Gasteiger partial charge in [0, 0.05) is 0 Å². The van der Waals surface area contributed by atoms with Gasteiger partial charge >= 0.3 is 0 Å². The first-order chi connectivity index (χ1) is 3.81. The highest BCUT2D eigenvalue weighted by Crippen LogP contribution is 1.95. The van der Waals surface area contributed by atoms with E-state index >= 15 is 0 Å². The van der Waals surface area contributed by atoms with Gasteiger partial charge in [0.05, 0.1) is 0 Å². The highest BCUT2D eigenvalue weighted by Gasteiger charge is 1.98. The molecule has 2 heteroatoms. The molecule has 1 nitrogen and oxygen atoms in total. The van der Waals surface area contributed by atoms with Crippen LogP contribution in [0.2, 0.25) is 12.1 Å². The Morgan fingerprint density at radius 2 is 1.62 bits per heavy atom. The topological polar surface area (TPSA) is 20.2 Å². The van der Waals surface area contributed by atoms with Gasteiger partial charge in [0.2, 0.25) is 0 Å². The maximum Gasteiger partial charge on any atom is 0.179 e. The summed E-state index contributed by atoms with van der Waals surface area (Å²) in [5.74, 6) is 0. The third-order valence-electron chi connectivity index (χ3n) is 0.877. The standard InChI is InChI=1S/C6H12OSi/c1-3-5-8(7)6-4-2/h3-4,7-8H,1-2,5-6H2. The Kier molecular flexibility index (Phi) is 4.60. The number of hydrogen-bond donors (Lipinski definition) is 1. The van der Waals surface area contributed by atoms with Gasteiger partial charge in [-0.2, -0.15) is 0 Å². The molecule has 0 aromatic rings. The van der Waals surface area contributed by atoms with Gasteiger partial charge in [-0.15, -0.1) is 13.2 Å². The molecule has 0 fully saturated rings. The van der Waals surface area contributed by atoms with Crippen LogP contribution in [0.15, 0.2) is 25.3 Å². The molecule has 0 aromatic heterocycles. The summed E-state index contributed by atoms with van der Waals surface area (Å²) in [7, 11) is -1.44. The van der Waals surface area contributed by atoms with Crippen molar-refractivity contribution in [2.24, 2.45) is 0 Å². The molecule has 8 heavy (non-hydrogen) atoms. The quantitative estimate of drug-likeness (QED) is 0.443. The van der Waals surface area contributed by atoms with E-state index in [-0.39, 0.29) is 0 Å². The van der Waals surface area contributed by atoms with Gasteiger partial charge < -0.3 is 4.80 Å². The van der Waals surface area contributed by atoms with E-state index in [1.165, 1.54) is 0 Å². The van der Waals surface area contributed by atoms with Gasteiger partial charge in [0.15, 0.2) is 9.04 Å². The maximum atomic E-state index is 9.05. The maximum absolute atomic E-state index is 9.05. The second kappa shape index (κ2) is 4.81. The van der Waals surface area contributed by atoms with Gasteiger partial charge in [0.25, 0.3) is 0 Å². The number of rotatable bonds is 4. The average Bonchev–Trinajstić information content (AvgIpc) is 1.68. The summed E-state index contributed by atoms with van der Waals surface area (Å²) < 4.78 is 0. The molecule has 0 aliphatic rings. The van der Waals surface area contributed by atoms with Crippen LogP contribution in [0.1, 0.15) is 0 Å². The summed E-state index contributed by atoms with van der Waals surface area (Å²) in [4.78, 5) is 9.05. The summed E-state index contributed by atoms with van der Waals surface area (Å²) in [6.45, 7) is 7.05. The van der Waals surface area contributed by atoms with Crippen LogP contribution in [0.25, 0.3) is 0 Å². The first kappa shape index (κ1) is 7.66. The molecule has 0 saturated carbocycles. The van der Waals surface area contributed by atoms with Crippen LogP contribution >= 0.6 is 0 Å². The minimum Gasteiger partial charge on any atom is -0.434 e. The molecule has 0 radical (unpaired) electrons. The zero-order valence-electron chi connectivity index (χ0n) is 5.01. The van der Waals surface area contributed by atoms with Crippen LogP contribution in [0.5, 0.6) is 0 Å². The van der Waals surface area contributed by atoms with E-state index in [4.69, 9.17) is 4.80 Å². The summed E-state index contributed by atoms with van der Waals surface area (Å²) in [5.41, 5.74) is 0. The van der Waals surface area contributed by atoms with Gasteiger partial charge in [0.1, 0.15) is 0 Å². The first-order valence-electron chi connectivity index (χ1n) is 2.71. The van der Waals surface area contributed by atoms with Crippen molar-refractivity contribution in [3.8, 4) is 0 Å². The largest absolute Gasteiger partial charge is 0.434 e. The van der Waals surface area contributed by atoms with Crippen molar-refractivity contribution in [3.63, 3.8) is 0 Å². The SMILES string of the molecule is C=CC[SiH](O)CC=C. The molecule has 0 heterocycles. The fourth-order valence-corrected chi connectivity index (χ4v) is 1.44. The second-order valence-corrected chi connectivity index (χ2v) is 3.95. The van der Waals surface area contributed by atoms with Crippen molar-refractivity contribution < 1.29 is 4.80 Å². The summed E-state index contributed by atoms with van der Waals surface area (Å²) in [5, 5.41) is 0. The average molecular weight is 128 g/mol. The zero-order valence-corrected chi connectivity index (χ0v) is 6.16. The van der Waals surface area contributed by atoms with Crippen LogP contribution in [-0.4, -0.2) is 13.8 Å². The number of hydrogen-bond acceptors (Lipinski definition) is 1. The van der Waals surface area contributed by atoms with E-state index in [0.29, 0.717) is 0 Å². The van der Waals surface area contributed by atoms with Gasteiger partial charge in [-0.1, -0.05) is 12.2 Å². The molecule has 0 unspecified atom stereocenters. The Morgan fingerprint density at radius 3 is 1.88 bits per heavy atom. The third kappa shape index (κ3) is 3.83. The Bertz CT molecular complexity index is 70.6. The predicted molar refractivity (Wildman–Crippen MR) is 39.4 cm³/mol. The zero-order chi connectivity index (χ0) is 6.41. The van der Waals surface area contributed by atoms with E-state index in [9.17, 15) is 0 Å². The summed E-state index contributed by atoms with van der Waals surface area (Å²) in [6, 6.07) is 1.60. The van der Waals surface area contributed by atoms with Crippen LogP contribution in [0, 0.1) is 0 Å². The molecule has 1 N–H and O–H groups in total. The molecule has 0 aliphatic heterocycles. The van der Waals surface area contributed by atoms with Crippen molar-refractivity contribution in [1.82, 2.24) is 0 Å². The highest BCUT2D eigenvalue weighted by molar-refractivity contribution is 6.51.